The molecule has 2 N–H and O–H groups in total. The first-order valence-corrected chi connectivity index (χ1v) is 7.31. The first-order chi connectivity index (χ1) is 10.1. The van der Waals surface area contributed by atoms with Crippen LogP contribution in [0.4, 0.5) is 0 Å². The van der Waals surface area contributed by atoms with Crippen LogP contribution in [-0.4, -0.2) is 16.7 Å². The molecule has 0 radical (unpaired) electrons. The number of carbonyl (C=O) groups excluding carboxylic acids is 1. The first-order valence-electron chi connectivity index (χ1n) is 6.52. The lowest BCUT2D eigenvalue weighted by Gasteiger charge is -2.06. The molecule has 0 saturated carbocycles. The van der Waals surface area contributed by atoms with Gasteiger partial charge in [0.2, 0.25) is 0 Å². The highest BCUT2D eigenvalue weighted by Crippen LogP contribution is 2.13. The second-order valence-corrected chi connectivity index (χ2v) is 5.33. The summed E-state index contributed by atoms with van der Waals surface area (Å²) in [5, 5.41) is 13.5. The van der Waals surface area contributed by atoms with Gasteiger partial charge in [0, 0.05) is 10.0 Å². The molecule has 0 aliphatic rings. The SMILES string of the molecule is CCC(=NNC(=O)c1cccc(Br)c1)c1ccc(O)cc1. The summed E-state index contributed by atoms with van der Waals surface area (Å²) in [4.78, 5) is 12.0. The van der Waals surface area contributed by atoms with Crippen LogP contribution in [0.25, 0.3) is 0 Å². The maximum atomic E-state index is 12.0. The van der Waals surface area contributed by atoms with Gasteiger partial charge in [-0.1, -0.05) is 28.9 Å². The standard InChI is InChI=1S/C16H15BrN2O2/c1-2-15(11-6-8-14(20)9-7-11)18-19-16(21)12-4-3-5-13(17)10-12/h3-10,20H,2H2,1H3,(H,19,21). The third-order valence-electron chi connectivity index (χ3n) is 2.91. The van der Waals surface area contributed by atoms with E-state index < -0.39 is 0 Å². The molecule has 0 atom stereocenters. The normalized spacial score (nSPS) is 11.2. The minimum absolute atomic E-state index is 0.201. The van der Waals surface area contributed by atoms with Crippen molar-refractivity contribution in [3.63, 3.8) is 0 Å². The molecule has 0 aliphatic carbocycles. The fourth-order valence-electron chi connectivity index (χ4n) is 1.81. The van der Waals surface area contributed by atoms with E-state index in [0.717, 1.165) is 15.7 Å². The Balaban J connectivity index is 2.14. The molecular formula is C16H15BrN2O2. The number of halogens is 1. The van der Waals surface area contributed by atoms with Crippen LogP contribution >= 0.6 is 15.9 Å². The third-order valence-corrected chi connectivity index (χ3v) is 3.41. The number of hydrazone groups is 1. The summed E-state index contributed by atoms with van der Waals surface area (Å²) in [5.41, 5.74) is 4.71. The molecule has 0 saturated heterocycles. The second-order valence-electron chi connectivity index (χ2n) is 4.41. The van der Waals surface area contributed by atoms with E-state index in [2.05, 4.69) is 26.5 Å². The number of phenolic OH excluding ortho intramolecular Hbond substituents is 1. The number of phenols is 1. The monoisotopic (exact) mass is 346 g/mol. The number of rotatable bonds is 4. The Hall–Kier alpha value is -2.14. The lowest BCUT2D eigenvalue weighted by Crippen LogP contribution is -2.19. The van der Waals surface area contributed by atoms with Gasteiger partial charge in [0.05, 0.1) is 5.71 Å². The van der Waals surface area contributed by atoms with E-state index in [1.807, 2.05) is 13.0 Å². The van der Waals surface area contributed by atoms with E-state index >= 15 is 0 Å². The molecule has 0 aliphatic heterocycles. The van der Waals surface area contributed by atoms with Gasteiger partial charge in [-0.3, -0.25) is 4.79 Å². The number of nitrogens with one attached hydrogen (secondary N) is 1. The van der Waals surface area contributed by atoms with Gasteiger partial charge in [0.15, 0.2) is 0 Å². The van der Waals surface area contributed by atoms with Crippen molar-refractivity contribution in [2.75, 3.05) is 0 Å². The fourth-order valence-corrected chi connectivity index (χ4v) is 2.21. The van der Waals surface area contributed by atoms with Crippen LogP contribution in [0.15, 0.2) is 58.1 Å². The molecule has 0 aromatic heterocycles. The minimum Gasteiger partial charge on any atom is -0.508 e. The number of amides is 1. The highest BCUT2D eigenvalue weighted by Gasteiger charge is 2.06. The van der Waals surface area contributed by atoms with Crippen molar-refractivity contribution in [1.29, 1.82) is 0 Å². The van der Waals surface area contributed by atoms with Gasteiger partial charge in [-0.15, -0.1) is 0 Å². The van der Waals surface area contributed by atoms with E-state index in [9.17, 15) is 9.90 Å². The number of benzene rings is 2. The van der Waals surface area contributed by atoms with E-state index in [-0.39, 0.29) is 11.7 Å². The molecule has 0 heterocycles. The van der Waals surface area contributed by atoms with E-state index in [4.69, 9.17) is 0 Å². The summed E-state index contributed by atoms with van der Waals surface area (Å²) in [6, 6.07) is 13.8. The lowest BCUT2D eigenvalue weighted by molar-refractivity contribution is 0.0954. The molecule has 0 fully saturated rings. The van der Waals surface area contributed by atoms with Crippen LogP contribution in [0.2, 0.25) is 0 Å². The Morgan fingerprint density at radius 3 is 2.52 bits per heavy atom. The zero-order valence-electron chi connectivity index (χ0n) is 11.5. The summed E-state index contributed by atoms with van der Waals surface area (Å²) in [7, 11) is 0. The smallest absolute Gasteiger partial charge is 0.271 e. The summed E-state index contributed by atoms with van der Waals surface area (Å²) in [6.45, 7) is 1.96. The Morgan fingerprint density at radius 2 is 1.90 bits per heavy atom. The zero-order valence-corrected chi connectivity index (χ0v) is 13.1. The van der Waals surface area contributed by atoms with Gasteiger partial charge in [0.1, 0.15) is 5.75 Å². The molecule has 2 aromatic carbocycles. The maximum absolute atomic E-state index is 12.0. The van der Waals surface area contributed by atoms with Crippen molar-refractivity contribution in [2.24, 2.45) is 5.10 Å². The molecular weight excluding hydrogens is 332 g/mol. The predicted octanol–water partition coefficient (Wildman–Crippen LogP) is 3.70. The maximum Gasteiger partial charge on any atom is 0.271 e. The molecule has 21 heavy (non-hydrogen) atoms. The second kappa shape index (κ2) is 7.04. The van der Waals surface area contributed by atoms with Crippen molar-refractivity contribution in [2.45, 2.75) is 13.3 Å². The lowest BCUT2D eigenvalue weighted by atomic mass is 10.1. The topological polar surface area (TPSA) is 61.7 Å². The predicted molar refractivity (Wildman–Crippen MR) is 86.5 cm³/mol. The molecule has 0 bridgehead atoms. The first kappa shape index (κ1) is 15.3. The minimum atomic E-state index is -0.263. The quantitative estimate of drug-likeness (QED) is 0.654. The van der Waals surface area contributed by atoms with E-state index in [0.29, 0.717) is 12.0 Å². The highest BCUT2D eigenvalue weighted by molar-refractivity contribution is 9.10. The summed E-state index contributed by atoms with van der Waals surface area (Å²) in [5.74, 6) is -0.0617. The average Bonchev–Trinajstić information content (AvgIpc) is 2.49. The van der Waals surface area contributed by atoms with Crippen molar-refractivity contribution in [3.8, 4) is 5.75 Å². The number of nitrogens with zero attached hydrogens (tertiary/aromatic N) is 1. The van der Waals surface area contributed by atoms with Crippen molar-refractivity contribution in [1.82, 2.24) is 5.43 Å². The van der Waals surface area contributed by atoms with Crippen LogP contribution in [0.3, 0.4) is 0 Å². The molecule has 5 heteroatoms. The Kier molecular flexibility index (Phi) is 5.11. The van der Waals surface area contributed by atoms with Gasteiger partial charge in [0.25, 0.3) is 5.91 Å². The average molecular weight is 347 g/mol. The fraction of sp³-hybridized carbons (Fsp3) is 0.125. The number of hydrogen-bond acceptors (Lipinski definition) is 3. The Morgan fingerprint density at radius 1 is 1.19 bits per heavy atom. The molecule has 2 rings (SSSR count). The third kappa shape index (κ3) is 4.16. The van der Waals surface area contributed by atoms with Crippen molar-refractivity contribution < 1.29 is 9.90 Å². The largest absolute Gasteiger partial charge is 0.508 e. The van der Waals surface area contributed by atoms with Crippen molar-refractivity contribution >= 4 is 27.5 Å². The molecule has 0 spiro atoms. The van der Waals surface area contributed by atoms with Crippen LogP contribution in [0.5, 0.6) is 5.75 Å². The van der Waals surface area contributed by atoms with Gasteiger partial charge in [-0.2, -0.15) is 5.10 Å². The van der Waals surface area contributed by atoms with Gasteiger partial charge < -0.3 is 5.11 Å². The van der Waals surface area contributed by atoms with Crippen LogP contribution in [0, 0.1) is 0 Å². The highest BCUT2D eigenvalue weighted by atomic mass is 79.9. The molecule has 2 aromatic rings. The van der Waals surface area contributed by atoms with Crippen LogP contribution in [0.1, 0.15) is 29.3 Å². The Bertz CT molecular complexity index is 666. The molecule has 108 valence electrons. The molecule has 0 unspecified atom stereocenters. The molecule has 1 amide bonds. The number of aromatic hydroxyl groups is 1. The number of hydrogen-bond donors (Lipinski definition) is 2. The van der Waals surface area contributed by atoms with Gasteiger partial charge >= 0.3 is 0 Å². The van der Waals surface area contributed by atoms with Gasteiger partial charge in [-0.05, 0) is 54.4 Å². The van der Waals surface area contributed by atoms with E-state index in [1.54, 1.807) is 42.5 Å². The Labute approximate surface area is 131 Å². The van der Waals surface area contributed by atoms with Crippen LogP contribution < -0.4 is 5.43 Å². The zero-order chi connectivity index (χ0) is 15.2. The van der Waals surface area contributed by atoms with E-state index in [1.165, 1.54) is 0 Å². The summed E-state index contributed by atoms with van der Waals surface area (Å²) in [6.07, 6.45) is 0.670. The van der Waals surface area contributed by atoms with Gasteiger partial charge in [-0.25, -0.2) is 5.43 Å². The number of carbonyl (C=O) groups is 1. The summed E-state index contributed by atoms with van der Waals surface area (Å²) >= 11 is 3.33. The van der Waals surface area contributed by atoms with Crippen molar-refractivity contribution in [3.05, 3.63) is 64.1 Å². The van der Waals surface area contributed by atoms with Crippen LogP contribution in [-0.2, 0) is 0 Å². The summed E-state index contributed by atoms with van der Waals surface area (Å²) < 4.78 is 0.841. The molecule has 4 nitrogen and oxygen atoms in total.